The summed E-state index contributed by atoms with van der Waals surface area (Å²) in [6, 6.07) is 11.5. The summed E-state index contributed by atoms with van der Waals surface area (Å²) in [6.45, 7) is 2.00. The molecular weight excluding hydrogens is 384 g/mol. The lowest BCUT2D eigenvalue weighted by atomic mass is 9.93. The number of hydrogen-bond acceptors (Lipinski definition) is 4. The van der Waals surface area contributed by atoms with Crippen LogP contribution in [0.5, 0.6) is 0 Å². The van der Waals surface area contributed by atoms with Crippen LogP contribution in [0, 0.1) is 0 Å². The number of ether oxygens (including phenoxy) is 1. The molecule has 1 aromatic heterocycles. The first-order valence-electron chi connectivity index (χ1n) is 8.26. The molecule has 1 aliphatic heterocycles. The van der Waals surface area contributed by atoms with Crippen LogP contribution in [-0.4, -0.2) is 30.0 Å². The van der Waals surface area contributed by atoms with Gasteiger partial charge in [-0.05, 0) is 49.2 Å². The minimum absolute atomic E-state index is 0.0377. The molecule has 2 aliphatic rings. The lowest BCUT2D eigenvalue weighted by molar-refractivity contribution is -0.142. The van der Waals surface area contributed by atoms with Crippen molar-refractivity contribution in [1.29, 1.82) is 0 Å². The van der Waals surface area contributed by atoms with Crippen LogP contribution in [-0.2, 0) is 19.7 Å². The first-order valence-corrected chi connectivity index (χ1v) is 9.05. The number of rotatable bonds is 4. The Morgan fingerprint density at radius 2 is 2.24 bits per heavy atom. The maximum absolute atomic E-state index is 13.3. The van der Waals surface area contributed by atoms with E-state index in [0.717, 1.165) is 21.4 Å². The van der Waals surface area contributed by atoms with Crippen molar-refractivity contribution in [3.63, 3.8) is 0 Å². The normalized spacial score (nSPS) is 23.7. The van der Waals surface area contributed by atoms with E-state index in [0.29, 0.717) is 13.0 Å². The van der Waals surface area contributed by atoms with Crippen LogP contribution in [0.2, 0.25) is 0 Å². The monoisotopic (exact) mass is 400 g/mol. The number of fused-ring (bicyclic) bond motifs is 2. The Labute approximate surface area is 154 Å². The van der Waals surface area contributed by atoms with E-state index in [4.69, 9.17) is 4.74 Å². The van der Waals surface area contributed by atoms with Crippen molar-refractivity contribution in [2.24, 2.45) is 0 Å². The molecule has 5 nitrogen and oxygen atoms in total. The van der Waals surface area contributed by atoms with Crippen molar-refractivity contribution in [3.8, 4) is 0 Å². The van der Waals surface area contributed by atoms with Crippen LogP contribution in [0.4, 0.5) is 5.69 Å². The van der Waals surface area contributed by atoms with E-state index in [1.807, 2.05) is 36.4 Å². The molecule has 1 amide bonds. The van der Waals surface area contributed by atoms with Gasteiger partial charge in [-0.2, -0.15) is 0 Å². The molecule has 4 rings (SSSR count). The van der Waals surface area contributed by atoms with Gasteiger partial charge in [0.15, 0.2) is 0 Å². The Hall–Kier alpha value is -2.21. The summed E-state index contributed by atoms with van der Waals surface area (Å²) in [5.74, 6) is -0.387. The number of esters is 1. The highest BCUT2D eigenvalue weighted by Crippen LogP contribution is 2.66. The van der Waals surface area contributed by atoms with Crippen LogP contribution >= 0.6 is 15.9 Å². The van der Waals surface area contributed by atoms with E-state index in [1.165, 1.54) is 0 Å². The van der Waals surface area contributed by atoms with Crippen LogP contribution in [0.15, 0.2) is 47.1 Å². The van der Waals surface area contributed by atoms with Gasteiger partial charge >= 0.3 is 5.97 Å². The van der Waals surface area contributed by atoms with Gasteiger partial charge < -0.3 is 9.64 Å². The smallest absolute Gasteiger partial charge is 0.326 e. The molecule has 25 heavy (non-hydrogen) atoms. The Balaban J connectivity index is 1.74. The summed E-state index contributed by atoms with van der Waals surface area (Å²) in [7, 11) is 0. The van der Waals surface area contributed by atoms with Crippen molar-refractivity contribution >= 4 is 33.5 Å². The molecule has 0 bridgehead atoms. The molecule has 128 valence electrons. The van der Waals surface area contributed by atoms with Crippen molar-refractivity contribution in [2.75, 3.05) is 18.1 Å². The van der Waals surface area contributed by atoms with Gasteiger partial charge in [-0.15, -0.1) is 0 Å². The van der Waals surface area contributed by atoms with Gasteiger partial charge in [-0.3, -0.25) is 14.6 Å². The number of benzene rings is 1. The first-order chi connectivity index (χ1) is 12.1. The average Bonchev–Trinajstić information content (AvgIpc) is 3.33. The topological polar surface area (TPSA) is 59.5 Å². The number of amides is 1. The second-order valence-electron chi connectivity index (χ2n) is 6.34. The quantitative estimate of drug-likeness (QED) is 0.739. The van der Waals surface area contributed by atoms with Crippen molar-refractivity contribution in [2.45, 2.75) is 24.7 Å². The second-order valence-corrected chi connectivity index (χ2v) is 7.26. The number of carbonyl (C=O) groups is 2. The molecule has 1 saturated carbocycles. The summed E-state index contributed by atoms with van der Waals surface area (Å²) >= 11 is 3.50. The second kappa shape index (κ2) is 5.95. The SMILES string of the molecule is CCOC(=O)CN1C(=O)[C@@]2(C[C@@H]2c2ccccn2)c2cc(Br)ccc21. The third-order valence-electron chi connectivity index (χ3n) is 4.95. The third-order valence-corrected chi connectivity index (χ3v) is 5.45. The van der Waals surface area contributed by atoms with E-state index in [1.54, 1.807) is 18.0 Å². The largest absolute Gasteiger partial charge is 0.465 e. The number of carbonyl (C=O) groups excluding carboxylic acids is 2. The maximum atomic E-state index is 13.3. The van der Waals surface area contributed by atoms with Crippen molar-refractivity contribution < 1.29 is 14.3 Å². The molecule has 1 aliphatic carbocycles. The number of pyridine rings is 1. The standard InChI is InChI=1S/C19H17BrN2O3/c1-2-25-17(23)11-22-16-7-6-12(20)9-13(16)19(18(22)24)10-14(19)15-5-3-4-8-21-15/h3-9,14H,2,10-11H2,1H3/t14-,19+/m1/s1. The highest BCUT2D eigenvalue weighted by atomic mass is 79.9. The summed E-state index contributed by atoms with van der Waals surface area (Å²) in [4.78, 5) is 31.2. The van der Waals surface area contributed by atoms with E-state index in [2.05, 4.69) is 20.9 Å². The molecule has 0 unspecified atom stereocenters. The van der Waals surface area contributed by atoms with E-state index < -0.39 is 11.4 Å². The lowest BCUT2D eigenvalue weighted by Gasteiger charge is -2.17. The minimum Gasteiger partial charge on any atom is -0.465 e. The molecule has 0 saturated heterocycles. The van der Waals surface area contributed by atoms with Crippen molar-refractivity contribution in [3.05, 3.63) is 58.3 Å². The molecule has 2 atom stereocenters. The summed E-state index contributed by atoms with van der Waals surface area (Å²) < 4.78 is 5.96. The number of halogens is 1. The number of nitrogens with zero attached hydrogens (tertiary/aromatic N) is 2. The van der Waals surface area contributed by atoms with E-state index >= 15 is 0 Å². The zero-order valence-corrected chi connectivity index (χ0v) is 15.3. The predicted octanol–water partition coefficient (Wildman–Crippen LogP) is 3.18. The van der Waals surface area contributed by atoms with Crippen LogP contribution in [0.3, 0.4) is 0 Å². The van der Waals surface area contributed by atoms with Gasteiger partial charge in [-0.25, -0.2) is 0 Å². The highest BCUT2D eigenvalue weighted by molar-refractivity contribution is 9.10. The Bertz CT molecular complexity index is 855. The molecule has 2 heterocycles. The number of anilines is 1. The lowest BCUT2D eigenvalue weighted by Crippen LogP contribution is -2.37. The zero-order chi connectivity index (χ0) is 17.6. The molecule has 0 radical (unpaired) electrons. The Morgan fingerprint density at radius 1 is 1.40 bits per heavy atom. The fourth-order valence-corrected chi connectivity index (χ4v) is 4.16. The van der Waals surface area contributed by atoms with Crippen LogP contribution in [0.25, 0.3) is 0 Å². The Morgan fingerprint density at radius 3 is 2.96 bits per heavy atom. The summed E-state index contributed by atoms with van der Waals surface area (Å²) in [5.41, 5.74) is 2.06. The molecule has 1 spiro atoms. The molecule has 6 heteroatoms. The first kappa shape index (κ1) is 16.3. The van der Waals surface area contributed by atoms with Gasteiger partial charge in [0, 0.05) is 28.0 Å². The zero-order valence-electron chi connectivity index (χ0n) is 13.7. The molecular formula is C19H17BrN2O3. The Kier molecular flexibility index (Phi) is 3.87. The summed E-state index contributed by atoms with van der Waals surface area (Å²) in [5, 5.41) is 0. The minimum atomic E-state index is -0.611. The van der Waals surface area contributed by atoms with Crippen molar-refractivity contribution in [1.82, 2.24) is 4.98 Å². The van der Waals surface area contributed by atoms with Gasteiger partial charge in [0.25, 0.3) is 0 Å². The number of aromatic nitrogens is 1. The van der Waals surface area contributed by atoms with E-state index in [9.17, 15) is 9.59 Å². The molecule has 1 fully saturated rings. The molecule has 2 aromatic rings. The average molecular weight is 401 g/mol. The van der Waals surface area contributed by atoms with Crippen LogP contribution in [0.1, 0.15) is 30.5 Å². The highest BCUT2D eigenvalue weighted by Gasteiger charge is 2.67. The van der Waals surface area contributed by atoms with Crippen LogP contribution < -0.4 is 4.90 Å². The predicted molar refractivity (Wildman–Crippen MR) is 96.4 cm³/mol. The fourth-order valence-electron chi connectivity index (χ4n) is 3.80. The fraction of sp³-hybridized carbons (Fsp3) is 0.316. The third kappa shape index (κ3) is 2.47. The van der Waals surface area contributed by atoms with Gasteiger partial charge in [0.2, 0.25) is 5.91 Å². The summed E-state index contributed by atoms with van der Waals surface area (Å²) in [6.07, 6.45) is 2.46. The van der Waals surface area contributed by atoms with Gasteiger partial charge in [0.05, 0.1) is 12.0 Å². The molecule has 1 aromatic carbocycles. The maximum Gasteiger partial charge on any atom is 0.326 e. The number of hydrogen-bond donors (Lipinski definition) is 0. The van der Waals surface area contributed by atoms with Gasteiger partial charge in [0.1, 0.15) is 6.54 Å². The van der Waals surface area contributed by atoms with Gasteiger partial charge in [-0.1, -0.05) is 22.0 Å². The molecule has 0 N–H and O–H groups in total. The van der Waals surface area contributed by atoms with E-state index in [-0.39, 0.29) is 18.4 Å².